The Morgan fingerprint density at radius 2 is 0.981 bits per heavy atom. The van der Waals surface area contributed by atoms with Crippen molar-refractivity contribution in [1.29, 1.82) is 0 Å². The number of hydrogen-bond donors (Lipinski definition) is 0. The fourth-order valence-electron chi connectivity index (χ4n) is 9.43. The molecule has 1 aliphatic carbocycles. The van der Waals surface area contributed by atoms with Crippen molar-refractivity contribution < 1.29 is 4.42 Å². The van der Waals surface area contributed by atoms with Crippen LogP contribution in [0.15, 0.2) is 168 Å². The Balaban J connectivity index is 1.19. The van der Waals surface area contributed by atoms with E-state index in [1.807, 2.05) is 0 Å². The molecule has 250 valence electrons. The second-order valence-corrected chi connectivity index (χ2v) is 15.3. The molecule has 1 heterocycles. The van der Waals surface area contributed by atoms with E-state index < -0.39 is 0 Å². The highest BCUT2D eigenvalue weighted by Crippen LogP contribution is 2.53. The van der Waals surface area contributed by atoms with Crippen LogP contribution in [0, 0.1) is 6.92 Å². The number of benzene rings is 9. The van der Waals surface area contributed by atoms with Crippen LogP contribution in [0.2, 0.25) is 0 Å². The molecule has 53 heavy (non-hydrogen) atoms. The number of aryl methyl sites for hydroxylation is 1. The molecule has 0 saturated heterocycles. The van der Waals surface area contributed by atoms with Gasteiger partial charge in [0.1, 0.15) is 11.2 Å². The SMILES string of the molecule is Cc1ccc(-c2cc(-c3c4ccccc4c(-c4ccc5c(c4)C(C)(C)c4c-5ccc5ccccc45)c4ccccc34)cc3c2oc2ccccc23)cc1. The summed E-state index contributed by atoms with van der Waals surface area (Å²) in [6, 6.07) is 60.6. The van der Waals surface area contributed by atoms with Crippen LogP contribution in [0.5, 0.6) is 0 Å². The summed E-state index contributed by atoms with van der Waals surface area (Å²) >= 11 is 0. The monoisotopic (exact) mass is 676 g/mol. The lowest BCUT2D eigenvalue weighted by Gasteiger charge is -2.24. The Kier molecular flexibility index (Phi) is 6.29. The van der Waals surface area contributed by atoms with Crippen molar-refractivity contribution in [3.63, 3.8) is 0 Å². The van der Waals surface area contributed by atoms with Crippen LogP contribution in [-0.4, -0.2) is 0 Å². The lowest BCUT2D eigenvalue weighted by atomic mass is 9.79. The van der Waals surface area contributed by atoms with E-state index in [4.69, 9.17) is 4.42 Å². The molecular formula is C52H36O. The van der Waals surface area contributed by atoms with E-state index in [1.54, 1.807) is 0 Å². The molecule has 1 heteroatoms. The van der Waals surface area contributed by atoms with Crippen molar-refractivity contribution in [2.45, 2.75) is 26.2 Å². The minimum atomic E-state index is -0.137. The second kappa shape index (κ2) is 11.0. The average molecular weight is 677 g/mol. The number of para-hydroxylation sites is 1. The molecule has 0 saturated carbocycles. The summed E-state index contributed by atoms with van der Waals surface area (Å²) in [7, 11) is 0. The second-order valence-electron chi connectivity index (χ2n) is 15.3. The first-order valence-corrected chi connectivity index (χ1v) is 18.6. The van der Waals surface area contributed by atoms with Crippen molar-refractivity contribution in [3.05, 3.63) is 180 Å². The minimum absolute atomic E-state index is 0.137. The molecule has 0 unspecified atom stereocenters. The van der Waals surface area contributed by atoms with Gasteiger partial charge in [-0.25, -0.2) is 0 Å². The molecule has 0 spiro atoms. The first kappa shape index (κ1) is 30.2. The van der Waals surface area contributed by atoms with Crippen molar-refractivity contribution in [3.8, 4) is 44.5 Å². The van der Waals surface area contributed by atoms with Gasteiger partial charge < -0.3 is 4.42 Å². The van der Waals surface area contributed by atoms with Crippen LogP contribution in [-0.2, 0) is 5.41 Å². The highest BCUT2D eigenvalue weighted by molar-refractivity contribution is 6.23. The fraction of sp³-hybridized carbons (Fsp3) is 0.0769. The Labute approximate surface area is 308 Å². The topological polar surface area (TPSA) is 13.1 Å². The predicted octanol–water partition coefficient (Wildman–Crippen LogP) is 14.7. The van der Waals surface area contributed by atoms with E-state index in [-0.39, 0.29) is 5.41 Å². The van der Waals surface area contributed by atoms with Gasteiger partial charge in [0.05, 0.1) is 0 Å². The molecule has 0 aliphatic heterocycles. The van der Waals surface area contributed by atoms with Gasteiger partial charge in [-0.15, -0.1) is 0 Å². The smallest absolute Gasteiger partial charge is 0.143 e. The molecule has 0 amide bonds. The number of rotatable bonds is 3. The molecule has 0 radical (unpaired) electrons. The third-order valence-corrected chi connectivity index (χ3v) is 11.9. The summed E-state index contributed by atoms with van der Waals surface area (Å²) in [5, 5.41) is 9.93. The molecule has 11 rings (SSSR count). The Hall–Kier alpha value is -6.44. The predicted molar refractivity (Wildman–Crippen MR) is 225 cm³/mol. The highest BCUT2D eigenvalue weighted by Gasteiger charge is 2.37. The molecule has 1 aromatic heterocycles. The molecular weight excluding hydrogens is 641 g/mol. The van der Waals surface area contributed by atoms with Gasteiger partial charge in [0.25, 0.3) is 0 Å². The van der Waals surface area contributed by atoms with E-state index in [9.17, 15) is 0 Å². The summed E-state index contributed by atoms with van der Waals surface area (Å²) in [4.78, 5) is 0. The van der Waals surface area contributed by atoms with Gasteiger partial charge in [-0.05, 0) is 114 Å². The van der Waals surface area contributed by atoms with E-state index >= 15 is 0 Å². The van der Waals surface area contributed by atoms with Crippen LogP contribution < -0.4 is 0 Å². The summed E-state index contributed by atoms with van der Waals surface area (Å²) in [5.74, 6) is 0. The van der Waals surface area contributed by atoms with Gasteiger partial charge in [0.15, 0.2) is 0 Å². The van der Waals surface area contributed by atoms with Crippen LogP contribution in [0.3, 0.4) is 0 Å². The van der Waals surface area contributed by atoms with E-state index in [2.05, 4.69) is 185 Å². The molecule has 0 N–H and O–H groups in total. The molecule has 10 aromatic rings. The lowest BCUT2D eigenvalue weighted by molar-refractivity contribution is 0.666. The quantitative estimate of drug-likeness (QED) is 0.170. The van der Waals surface area contributed by atoms with Gasteiger partial charge in [-0.2, -0.15) is 0 Å². The minimum Gasteiger partial charge on any atom is -0.455 e. The number of fused-ring (bicyclic) bond motifs is 10. The largest absolute Gasteiger partial charge is 0.455 e. The van der Waals surface area contributed by atoms with Crippen molar-refractivity contribution in [2.24, 2.45) is 0 Å². The van der Waals surface area contributed by atoms with E-state index in [1.165, 1.54) is 82.4 Å². The van der Waals surface area contributed by atoms with Crippen molar-refractivity contribution in [1.82, 2.24) is 0 Å². The summed E-state index contributed by atoms with van der Waals surface area (Å²) in [5.41, 5.74) is 15.7. The van der Waals surface area contributed by atoms with Crippen LogP contribution in [0.25, 0.3) is 98.8 Å². The van der Waals surface area contributed by atoms with Crippen molar-refractivity contribution >= 4 is 54.3 Å². The van der Waals surface area contributed by atoms with Crippen LogP contribution in [0.1, 0.15) is 30.5 Å². The van der Waals surface area contributed by atoms with Crippen molar-refractivity contribution in [2.75, 3.05) is 0 Å². The average Bonchev–Trinajstić information content (AvgIpc) is 3.68. The molecule has 9 aromatic carbocycles. The van der Waals surface area contributed by atoms with Gasteiger partial charge in [-0.1, -0.05) is 159 Å². The van der Waals surface area contributed by atoms with Gasteiger partial charge in [0.2, 0.25) is 0 Å². The van der Waals surface area contributed by atoms with Crippen LogP contribution >= 0.6 is 0 Å². The highest BCUT2D eigenvalue weighted by atomic mass is 16.3. The maximum Gasteiger partial charge on any atom is 0.143 e. The standard InChI is InChI=1S/C52H36O/c1-31-20-22-33(23-21-31)44-28-35(29-45-38-14-10-11-19-47(38)53-51(44)45)49-41-17-8-6-15-39(41)48(40-16-7-9-18-42(40)49)34-25-26-37-43-27-24-32-12-4-5-13-36(32)50(43)52(2,3)46(37)30-34/h4-30H,1-3H3. The normalized spacial score (nSPS) is 13.3. The Bertz CT molecular complexity index is 3080. The zero-order chi connectivity index (χ0) is 35.4. The summed E-state index contributed by atoms with van der Waals surface area (Å²) in [6.45, 7) is 6.93. The van der Waals surface area contributed by atoms with E-state index in [0.717, 1.165) is 33.1 Å². The molecule has 0 bridgehead atoms. The first-order chi connectivity index (χ1) is 26.0. The third kappa shape index (κ3) is 4.31. The molecule has 0 fully saturated rings. The molecule has 1 aliphatic rings. The third-order valence-electron chi connectivity index (χ3n) is 11.9. The lowest BCUT2D eigenvalue weighted by Crippen LogP contribution is -2.15. The zero-order valence-electron chi connectivity index (χ0n) is 30.0. The summed E-state index contributed by atoms with van der Waals surface area (Å²) in [6.07, 6.45) is 0. The number of hydrogen-bond acceptors (Lipinski definition) is 1. The number of furan rings is 1. The fourth-order valence-corrected chi connectivity index (χ4v) is 9.43. The molecule has 0 atom stereocenters. The molecule has 1 nitrogen and oxygen atoms in total. The Morgan fingerprint density at radius 1 is 0.415 bits per heavy atom. The van der Waals surface area contributed by atoms with Gasteiger partial charge >= 0.3 is 0 Å². The van der Waals surface area contributed by atoms with Crippen LogP contribution in [0.4, 0.5) is 0 Å². The maximum absolute atomic E-state index is 6.61. The Morgan fingerprint density at radius 3 is 1.68 bits per heavy atom. The maximum atomic E-state index is 6.61. The summed E-state index contributed by atoms with van der Waals surface area (Å²) < 4.78 is 6.61. The first-order valence-electron chi connectivity index (χ1n) is 18.6. The van der Waals surface area contributed by atoms with Gasteiger partial charge in [-0.3, -0.25) is 0 Å². The van der Waals surface area contributed by atoms with E-state index in [0.29, 0.717) is 0 Å². The zero-order valence-corrected chi connectivity index (χ0v) is 30.0. The van der Waals surface area contributed by atoms with Gasteiger partial charge in [0, 0.05) is 21.8 Å².